The predicted molar refractivity (Wildman–Crippen MR) is 29.4 cm³/mol. The molecule has 0 bridgehead atoms. The third kappa shape index (κ3) is 0.922. The van der Waals surface area contributed by atoms with Gasteiger partial charge in [0.25, 0.3) is 0 Å². The minimum atomic E-state index is -0.236. The van der Waals surface area contributed by atoms with Gasteiger partial charge in [-0.25, -0.2) is 4.79 Å². The molecule has 1 aliphatic rings. The van der Waals surface area contributed by atoms with Gasteiger partial charge in [0, 0.05) is 0 Å². The highest BCUT2D eigenvalue weighted by molar-refractivity contribution is 5.38. The van der Waals surface area contributed by atoms with Crippen molar-refractivity contribution in [2.75, 3.05) is 20.1 Å². The summed E-state index contributed by atoms with van der Waals surface area (Å²) < 4.78 is -0.236. The Hall–Kier alpha value is -0.920. The Morgan fingerprint density at radius 3 is 2.44 bits per heavy atom. The number of hydrogen-bond acceptors (Lipinski definition) is 3. The Morgan fingerprint density at radius 1 is 1.78 bits per heavy atom. The van der Waals surface area contributed by atoms with E-state index < -0.39 is 0 Å². The number of amides is 1. The zero-order valence-electron chi connectivity index (χ0n) is 5.24. The molecule has 0 aromatic carbocycles. The third-order valence-corrected chi connectivity index (χ3v) is 1.42. The van der Waals surface area contributed by atoms with Crippen LogP contribution in [0.25, 0.3) is 0 Å². The first-order chi connectivity index (χ1) is 4.23. The van der Waals surface area contributed by atoms with Crippen LogP contribution in [0.4, 0.5) is 0 Å². The molecule has 4 heteroatoms. The second-order valence-corrected chi connectivity index (χ2v) is 2.19. The summed E-state index contributed by atoms with van der Waals surface area (Å²) in [4.78, 5) is 10.2. The van der Waals surface area contributed by atoms with Crippen LogP contribution < -0.4 is 0 Å². The van der Waals surface area contributed by atoms with Crippen molar-refractivity contribution >= 4 is 6.41 Å². The summed E-state index contributed by atoms with van der Waals surface area (Å²) in [7, 11) is 1.57. The van der Waals surface area contributed by atoms with Crippen LogP contribution in [0, 0.1) is 11.5 Å². The maximum absolute atomic E-state index is 10.2. The van der Waals surface area contributed by atoms with E-state index in [0.29, 0.717) is 6.41 Å². The number of carbonyl (C=O) groups excluding carboxylic acids is 1. The van der Waals surface area contributed by atoms with Crippen LogP contribution in [0.5, 0.6) is 0 Å². The van der Waals surface area contributed by atoms with E-state index in [0.717, 1.165) is 13.1 Å². The Morgan fingerprint density at radius 2 is 2.33 bits per heavy atom. The second kappa shape index (κ2) is 1.79. The molecule has 0 spiro atoms. The molecule has 9 heavy (non-hydrogen) atoms. The topological polar surface area (TPSA) is 43.9 Å². The van der Waals surface area contributed by atoms with Crippen LogP contribution in [0.15, 0.2) is 0 Å². The summed E-state index contributed by atoms with van der Waals surface area (Å²) >= 11 is 0. The molecule has 0 aliphatic carbocycles. The molecule has 0 aromatic heterocycles. The predicted octanol–water partition coefficient (Wildman–Crippen LogP) is -0.699. The van der Waals surface area contributed by atoms with Crippen molar-refractivity contribution in [2.24, 2.45) is 0 Å². The molecule has 4 nitrogen and oxygen atoms in total. The Balaban J connectivity index is 2.67. The van der Waals surface area contributed by atoms with Crippen molar-refractivity contribution in [1.29, 1.82) is 5.26 Å². The maximum atomic E-state index is 10.2. The molecular weight excluding hydrogens is 118 g/mol. The molecule has 48 valence electrons. The summed E-state index contributed by atoms with van der Waals surface area (Å²) in [6.07, 6.45) is 2.52. The highest BCUT2D eigenvalue weighted by Gasteiger charge is 2.40. The van der Waals surface area contributed by atoms with Crippen LogP contribution >= 0.6 is 0 Å². The van der Waals surface area contributed by atoms with Crippen LogP contribution in [0.2, 0.25) is 0 Å². The van der Waals surface area contributed by atoms with Crippen molar-refractivity contribution in [3.8, 4) is 6.19 Å². The van der Waals surface area contributed by atoms with Gasteiger partial charge >= 0.3 is 12.6 Å². The minimum Gasteiger partial charge on any atom is -0.230 e. The molecule has 1 aliphatic heterocycles. The summed E-state index contributed by atoms with van der Waals surface area (Å²) in [5, 5.41) is 10.2. The zero-order valence-corrected chi connectivity index (χ0v) is 5.24. The third-order valence-electron chi connectivity index (χ3n) is 1.42. The van der Waals surface area contributed by atoms with Gasteiger partial charge in [0.2, 0.25) is 0 Å². The fourth-order valence-corrected chi connectivity index (χ4v) is 0.614. The van der Waals surface area contributed by atoms with Gasteiger partial charge in [-0.2, -0.15) is 0 Å². The molecule has 0 saturated carbocycles. The van der Waals surface area contributed by atoms with E-state index in [1.165, 1.54) is 0 Å². The fourth-order valence-electron chi connectivity index (χ4n) is 0.614. The van der Waals surface area contributed by atoms with Crippen molar-refractivity contribution in [1.82, 2.24) is 5.01 Å². The number of nitrogens with zero attached hydrogens (tertiary/aromatic N) is 3. The number of nitriles is 1. The zero-order chi connectivity index (χ0) is 6.91. The lowest BCUT2D eigenvalue weighted by atomic mass is 10.8. The van der Waals surface area contributed by atoms with E-state index in [-0.39, 0.29) is 4.59 Å². The Labute approximate surface area is 53.4 Å². The number of hydrogen-bond donors (Lipinski definition) is 0. The fraction of sp³-hybridized carbons (Fsp3) is 0.600. The van der Waals surface area contributed by atoms with Gasteiger partial charge in [0.05, 0.1) is 13.1 Å². The van der Waals surface area contributed by atoms with Crippen molar-refractivity contribution in [3.63, 3.8) is 0 Å². The first kappa shape index (κ1) is 6.20. The van der Waals surface area contributed by atoms with E-state index in [4.69, 9.17) is 5.26 Å². The second-order valence-electron chi connectivity index (χ2n) is 2.19. The Kier molecular flexibility index (Phi) is 1.24. The number of rotatable bonds is 2. The van der Waals surface area contributed by atoms with Crippen molar-refractivity contribution in [3.05, 3.63) is 0 Å². The van der Waals surface area contributed by atoms with Crippen LogP contribution in [0.3, 0.4) is 0 Å². The molecule has 1 unspecified atom stereocenters. The maximum Gasteiger partial charge on any atom is 0.338 e. The monoisotopic (exact) mass is 126 g/mol. The molecule has 1 fully saturated rings. The first-order valence-electron chi connectivity index (χ1n) is 2.72. The van der Waals surface area contributed by atoms with Gasteiger partial charge in [-0.3, -0.25) is 0 Å². The highest BCUT2D eigenvalue weighted by Crippen LogP contribution is 2.13. The lowest BCUT2D eigenvalue weighted by molar-refractivity contribution is -0.862. The van der Waals surface area contributed by atoms with Crippen LogP contribution in [-0.4, -0.2) is 36.1 Å². The highest BCUT2D eigenvalue weighted by atomic mass is 16.2. The normalized spacial score (nSPS) is 24.0. The number of carbonyl (C=O) groups is 1. The average molecular weight is 126 g/mol. The van der Waals surface area contributed by atoms with Gasteiger partial charge < -0.3 is 0 Å². The standard InChI is InChI=1S/C5H8N3O/c1-8(4-6,5-9)7-2-3-7/h5H,2-3H2,1H3/q+1. The van der Waals surface area contributed by atoms with E-state index in [2.05, 4.69) is 0 Å². The average Bonchev–Trinajstić information content (AvgIpc) is 2.68. The lowest BCUT2D eigenvalue weighted by Gasteiger charge is -2.14. The molecule has 1 saturated heterocycles. The summed E-state index contributed by atoms with van der Waals surface area (Å²) in [6, 6.07) is 0. The molecule has 1 amide bonds. The van der Waals surface area contributed by atoms with E-state index in [1.807, 2.05) is 6.19 Å². The van der Waals surface area contributed by atoms with Crippen molar-refractivity contribution in [2.45, 2.75) is 0 Å². The van der Waals surface area contributed by atoms with Gasteiger partial charge in [0.15, 0.2) is 0 Å². The molecule has 0 aromatic rings. The lowest BCUT2D eigenvalue weighted by Crippen LogP contribution is -2.42. The molecule has 0 radical (unpaired) electrons. The minimum absolute atomic E-state index is 0.236. The van der Waals surface area contributed by atoms with Gasteiger partial charge in [-0.05, 0) is 0 Å². The molecule has 1 rings (SSSR count). The van der Waals surface area contributed by atoms with Crippen LogP contribution in [-0.2, 0) is 4.79 Å². The summed E-state index contributed by atoms with van der Waals surface area (Å²) in [5.41, 5.74) is 0. The molecule has 1 atom stereocenters. The van der Waals surface area contributed by atoms with E-state index >= 15 is 0 Å². The smallest absolute Gasteiger partial charge is 0.230 e. The number of quaternary nitrogens is 1. The van der Waals surface area contributed by atoms with Crippen molar-refractivity contribution < 1.29 is 9.39 Å². The molecular formula is C5H8N3O+. The Bertz CT molecular complexity index is 170. The summed E-state index contributed by atoms with van der Waals surface area (Å²) in [6.45, 7) is 1.70. The largest absolute Gasteiger partial charge is 0.338 e. The first-order valence-corrected chi connectivity index (χ1v) is 2.72. The van der Waals surface area contributed by atoms with E-state index in [9.17, 15) is 4.79 Å². The van der Waals surface area contributed by atoms with Gasteiger partial charge in [-0.1, -0.05) is 4.59 Å². The van der Waals surface area contributed by atoms with Gasteiger partial charge in [0.1, 0.15) is 7.05 Å². The van der Waals surface area contributed by atoms with Gasteiger partial charge in [-0.15, -0.1) is 10.3 Å². The summed E-state index contributed by atoms with van der Waals surface area (Å²) in [5.74, 6) is 0. The van der Waals surface area contributed by atoms with E-state index in [1.54, 1.807) is 12.1 Å². The molecule has 1 heterocycles. The van der Waals surface area contributed by atoms with Crippen LogP contribution in [0.1, 0.15) is 0 Å². The SMILES string of the molecule is C[N+](C#N)(C=O)N1CC1. The quantitative estimate of drug-likeness (QED) is 0.213. The molecule has 0 N–H and O–H groups in total.